The van der Waals surface area contributed by atoms with Crippen LogP contribution in [0, 0.1) is 0 Å². The Labute approximate surface area is 105 Å². The molecule has 0 radical (unpaired) electrons. The zero-order valence-electron chi connectivity index (χ0n) is 10.4. The van der Waals surface area contributed by atoms with Crippen molar-refractivity contribution in [2.75, 3.05) is 20.8 Å². The average molecular weight is 261 g/mol. The van der Waals surface area contributed by atoms with Crippen LogP contribution in [0.15, 0.2) is 0 Å². The molecule has 0 rings (SSSR count). The maximum atomic E-state index is 10.8. The average Bonchev–Trinajstić information content (AvgIpc) is 2.35. The predicted octanol–water partition coefficient (Wildman–Crippen LogP) is -1.01. The first-order valence-electron chi connectivity index (χ1n) is 5.38. The number of rotatable bonds is 7. The fourth-order valence-corrected chi connectivity index (χ4v) is 1.19. The molecule has 0 spiro atoms. The number of unbranched alkanes of at least 4 members (excludes halogenated alkanes) is 1. The van der Waals surface area contributed by atoms with E-state index in [2.05, 4.69) is 20.1 Å². The molecular formula is C10H17N2O6-. The van der Waals surface area contributed by atoms with Gasteiger partial charge in [0.15, 0.2) is 0 Å². The normalized spacial score (nSPS) is 11.2. The summed E-state index contributed by atoms with van der Waals surface area (Å²) in [5, 5.41) is 15.3. The number of amides is 2. The SMILES string of the molecule is COC(=O)NCCCCC(NC(=O)OC)C(=O)[O-]. The second kappa shape index (κ2) is 9.08. The van der Waals surface area contributed by atoms with Crippen molar-refractivity contribution in [3.05, 3.63) is 0 Å². The van der Waals surface area contributed by atoms with Gasteiger partial charge in [0.05, 0.1) is 26.2 Å². The summed E-state index contributed by atoms with van der Waals surface area (Å²) in [6.07, 6.45) is -0.120. The zero-order chi connectivity index (χ0) is 14.0. The van der Waals surface area contributed by atoms with Gasteiger partial charge >= 0.3 is 12.2 Å². The van der Waals surface area contributed by atoms with Crippen molar-refractivity contribution in [2.24, 2.45) is 0 Å². The molecule has 1 unspecified atom stereocenters. The fraction of sp³-hybridized carbons (Fsp3) is 0.700. The molecule has 8 nitrogen and oxygen atoms in total. The molecule has 104 valence electrons. The third-order valence-corrected chi connectivity index (χ3v) is 2.14. The van der Waals surface area contributed by atoms with Crippen LogP contribution >= 0.6 is 0 Å². The second-order valence-corrected chi connectivity index (χ2v) is 3.42. The van der Waals surface area contributed by atoms with Crippen molar-refractivity contribution in [3.8, 4) is 0 Å². The molecule has 0 heterocycles. The van der Waals surface area contributed by atoms with Crippen LogP contribution in [-0.4, -0.2) is 45.0 Å². The first-order valence-corrected chi connectivity index (χ1v) is 5.38. The number of carbonyl (C=O) groups excluding carboxylic acids is 3. The van der Waals surface area contributed by atoms with Crippen molar-refractivity contribution in [2.45, 2.75) is 25.3 Å². The predicted molar refractivity (Wildman–Crippen MR) is 58.6 cm³/mol. The summed E-state index contributed by atoms with van der Waals surface area (Å²) >= 11 is 0. The minimum Gasteiger partial charge on any atom is -0.548 e. The van der Waals surface area contributed by atoms with E-state index in [9.17, 15) is 19.5 Å². The molecule has 8 heteroatoms. The lowest BCUT2D eigenvalue weighted by molar-refractivity contribution is -0.308. The number of methoxy groups -OCH3 is 2. The molecule has 0 aromatic carbocycles. The summed E-state index contributed by atoms with van der Waals surface area (Å²) in [4.78, 5) is 32.2. The van der Waals surface area contributed by atoms with E-state index in [1.54, 1.807) is 0 Å². The van der Waals surface area contributed by atoms with Crippen LogP contribution < -0.4 is 15.7 Å². The monoisotopic (exact) mass is 261 g/mol. The Balaban J connectivity index is 3.81. The number of hydrogen-bond donors (Lipinski definition) is 2. The first kappa shape index (κ1) is 16.0. The molecule has 0 saturated carbocycles. The summed E-state index contributed by atoms with van der Waals surface area (Å²) in [5.41, 5.74) is 0. The van der Waals surface area contributed by atoms with E-state index in [1.165, 1.54) is 7.11 Å². The van der Waals surface area contributed by atoms with E-state index in [1.807, 2.05) is 0 Å². The van der Waals surface area contributed by atoms with Crippen LogP contribution in [-0.2, 0) is 14.3 Å². The van der Waals surface area contributed by atoms with Crippen molar-refractivity contribution in [1.82, 2.24) is 10.6 Å². The molecule has 2 amide bonds. The van der Waals surface area contributed by atoms with E-state index in [0.29, 0.717) is 19.4 Å². The van der Waals surface area contributed by atoms with Gasteiger partial charge in [-0.25, -0.2) is 9.59 Å². The molecule has 0 aliphatic rings. The molecule has 0 aliphatic carbocycles. The van der Waals surface area contributed by atoms with Gasteiger partial charge in [-0.15, -0.1) is 0 Å². The van der Waals surface area contributed by atoms with Gasteiger partial charge in [0.2, 0.25) is 0 Å². The van der Waals surface area contributed by atoms with Gasteiger partial charge < -0.3 is 30.0 Å². The van der Waals surface area contributed by atoms with E-state index in [0.717, 1.165) is 7.11 Å². The summed E-state index contributed by atoms with van der Waals surface area (Å²) in [5.74, 6) is -1.37. The number of carboxylic acid groups (broad SMARTS) is 1. The Morgan fingerprint density at radius 2 is 1.72 bits per heavy atom. The zero-order valence-corrected chi connectivity index (χ0v) is 10.4. The lowest BCUT2D eigenvalue weighted by Gasteiger charge is -2.18. The molecule has 0 aromatic rings. The van der Waals surface area contributed by atoms with Crippen LogP contribution in [0.5, 0.6) is 0 Å². The van der Waals surface area contributed by atoms with Gasteiger partial charge in [-0.2, -0.15) is 0 Å². The van der Waals surface area contributed by atoms with Gasteiger partial charge in [0.1, 0.15) is 0 Å². The Morgan fingerprint density at radius 3 is 2.22 bits per heavy atom. The lowest BCUT2D eigenvalue weighted by Crippen LogP contribution is -2.47. The number of aliphatic carboxylic acids is 1. The van der Waals surface area contributed by atoms with Gasteiger partial charge in [0.25, 0.3) is 0 Å². The van der Waals surface area contributed by atoms with Crippen LogP contribution in [0.2, 0.25) is 0 Å². The summed E-state index contributed by atoms with van der Waals surface area (Å²) in [6, 6.07) is -1.10. The quantitative estimate of drug-likeness (QED) is 0.567. The smallest absolute Gasteiger partial charge is 0.407 e. The summed E-state index contributed by atoms with van der Waals surface area (Å²) in [6.45, 7) is 0.366. The standard InChI is InChI=1S/C10H18N2O6/c1-17-9(15)11-6-4-3-5-7(8(13)14)12-10(16)18-2/h7H,3-6H2,1-2H3,(H,11,15)(H,12,16)(H,13,14)/p-1. The fourth-order valence-electron chi connectivity index (χ4n) is 1.19. The molecule has 18 heavy (non-hydrogen) atoms. The second-order valence-electron chi connectivity index (χ2n) is 3.42. The molecule has 2 N–H and O–H groups in total. The van der Waals surface area contributed by atoms with Crippen molar-refractivity contribution in [1.29, 1.82) is 0 Å². The number of carbonyl (C=O) groups is 3. The van der Waals surface area contributed by atoms with E-state index in [-0.39, 0.29) is 6.42 Å². The number of ether oxygens (including phenoxy) is 2. The highest BCUT2D eigenvalue weighted by Gasteiger charge is 2.13. The Morgan fingerprint density at radius 1 is 1.11 bits per heavy atom. The van der Waals surface area contributed by atoms with Crippen molar-refractivity contribution >= 4 is 18.2 Å². The largest absolute Gasteiger partial charge is 0.548 e. The molecule has 0 bridgehead atoms. The van der Waals surface area contributed by atoms with Crippen LogP contribution in [0.1, 0.15) is 19.3 Å². The summed E-state index contributed by atoms with van der Waals surface area (Å²) in [7, 11) is 2.39. The van der Waals surface area contributed by atoms with E-state index in [4.69, 9.17) is 0 Å². The topological polar surface area (TPSA) is 117 Å². The van der Waals surface area contributed by atoms with Crippen LogP contribution in [0.4, 0.5) is 9.59 Å². The molecule has 0 saturated heterocycles. The van der Waals surface area contributed by atoms with E-state index < -0.39 is 24.2 Å². The van der Waals surface area contributed by atoms with Gasteiger partial charge in [0, 0.05) is 6.54 Å². The number of hydrogen-bond acceptors (Lipinski definition) is 6. The molecule has 1 atom stereocenters. The molecule has 0 aliphatic heterocycles. The van der Waals surface area contributed by atoms with E-state index >= 15 is 0 Å². The van der Waals surface area contributed by atoms with Crippen molar-refractivity contribution < 1.29 is 29.0 Å². The third kappa shape index (κ3) is 7.31. The summed E-state index contributed by atoms with van der Waals surface area (Å²) < 4.78 is 8.65. The Bertz CT molecular complexity index is 294. The van der Waals surface area contributed by atoms with Gasteiger partial charge in [-0.05, 0) is 19.3 Å². The minimum atomic E-state index is -1.37. The highest BCUT2D eigenvalue weighted by atomic mass is 16.5. The maximum absolute atomic E-state index is 10.8. The maximum Gasteiger partial charge on any atom is 0.407 e. The molecule has 0 fully saturated rings. The Hall–Kier alpha value is -1.99. The van der Waals surface area contributed by atoms with Gasteiger partial charge in [-0.3, -0.25) is 0 Å². The minimum absolute atomic E-state index is 0.195. The third-order valence-electron chi connectivity index (χ3n) is 2.14. The first-order chi connectivity index (χ1) is 8.51. The molecule has 0 aromatic heterocycles. The highest BCUT2D eigenvalue weighted by molar-refractivity contribution is 5.78. The number of carboxylic acids is 1. The Kier molecular flexibility index (Phi) is 8.08. The van der Waals surface area contributed by atoms with Crippen molar-refractivity contribution in [3.63, 3.8) is 0 Å². The number of nitrogens with one attached hydrogen (secondary N) is 2. The number of alkyl carbamates (subject to hydrolysis) is 2. The van der Waals surface area contributed by atoms with Crippen LogP contribution in [0.25, 0.3) is 0 Å². The van der Waals surface area contributed by atoms with Crippen LogP contribution in [0.3, 0.4) is 0 Å². The lowest BCUT2D eigenvalue weighted by atomic mass is 10.1. The highest BCUT2D eigenvalue weighted by Crippen LogP contribution is 2.00. The molecular weight excluding hydrogens is 244 g/mol. The van der Waals surface area contributed by atoms with Gasteiger partial charge in [-0.1, -0.05) is 0 Å².